The van der Waals surface area contributed by atoms with Crippen molar-refractivity contribution in [3.05, 3.63) is 95.5 Å². The third-order valence-corrected chi connectivity index (χ3v) is 7.27. The van der Waals surface area contributed by atoms with Crippen LogP contribution in [0.2, 0.25) is 5.02 Å². The Labute approximate surface area is 209 Å². The Morgan fingerprint density at radius 2 is 1.86 bits per heavy atom. The topological polar surface area (TPSA) is 90.3 Å². The number of ether oxygens (including phenoxy) is 1. The zero-order valence-corrected chi connectivity index (χ0v) is 20.8. The monoisotopic (exact) mass is 509 g/mol. The van der Waals surface area contributed by atoms with Gasteiger partial charge in [0.25, 0.3) is 0 Å². The zero-order valence-electron chi connectivity index (χ0n) is 19.2. The second kappa shape index (κ2) is 10.3. The van der Waals surface area contributed by atoms with Gasteiger partial charge in [-0.3, -0.25) is 4.79 Å². The van der Waals surface area contributed by atoms with Crippen LogP contribution in [0.4, 0.5) is 5.69 Å². The summed E-state index contributed by atoms with van der Waals surface area (Å²) in [6.45, 7) is 3.49. The maximum Gasteiger partial charge on any atom is 0.228 e. The van der Waals surface area contributed by atoms with Gasteiger partial charge in [-0.1, -0.05) is 36.7 Å². The average Bonchev–Trinajstić information content (AvgIpc) is 3.25. The molecular formula is C26H24ClN3O4S. The van der Waals surface area contributed by atoms with E-state index >= 15 is 0 Å². The molecule has 0 saturated carbocycles. The minimum Gasteiger partial charge on any atom is -0.455 e. The predicted molar refractivity (Wildman–Crippen MR) is 136 cm³/mol. The molecule has 0 atom stereocenters. The molecular weight excluding hydrogens is 486 g/mol. The Bertz CT molecular complexity index is 1460. The number of benzene rings is 3. The lowest BCUT2D eigenvalue weighted by Gasteiger charge is -2.14. The van der Waals surface area contributed by atoms with Gasteiger partial charge in [0.15, 0.2) is 15.6 Å². The lowest BCUT2D eigenvalue weighted by atomic mass is 10.1. The van der Waals surface area contributed by atoms with Crippen LogP contribution in [0, 0.1) is 6.92 Å². The predicted octanol–water partition coefficient (Wildman–Crippen LogP) is 5.60. The number of carbonyl (C=O) groups is 1. The molecule has 7 nitrogen and oxygen atoms in total. The molecule has 0 saturated heterocycles. The fourth-order valence-corrected chi connectivity index (χ4v) is 4.53. The second-order valence-corrected chi connectivity index (χ2v) is 10.7. The summed E-state index contributed by atoms with van der Waals surface area (Å²) in [5.41, 5.74) is 2.86. The number of aryl methyl sites for hydroxylation is 1. The van der Waals surface area contributed by atoms with Gasteiger partial charge in [0.1, 0.15) is 5.75 Å². The number of halogens is 1. The number of sulfone groups is 1. The van der Waals surface area contributed by atoms with Crippen LogP contribution in [0.25, 0.3) is 5.69 Å². The highest BCUT2D eigenvalue weighted by Gasteiger charge is 2.14. The Morgan fingerprint density at radius 3 is 2.51 bits per heavy atom. The van der Waals surface area contributed by atoms with Crippen molar-refractivity contribution in [3.8, 4) is 17.2 Å². The van der Waals surface area contributed by atoms with Crippen LogP contribution in [-0.4, -0.2) is 29.6 Å². The Morgan fingerprint density at radius 1 is 1.09 bits per heavy atom. The first-order chi connectivity index (χ1) is 16.7. The average molecular weight is 510 g/mol. The van der Waals surface area contributed by atoms with E-state index in [1.807, 2.05) is 23.8 Å². The summed E-state index contributed by atoms with van der Waals surface area (Å²) in [7, 11) is -3.28. The van der Waals surface area contributed by atoms with Crippen molar-refractivity contribution in [3.63, 3.8) is 0 Å². The van der Waals surface area contributed by atoms with E-state index < -0.39 is 9.84 Å². The molecule has 0 bridgehead atoms. The number of hydrogen-bond donors (Lipinski definition) is 1. The van der Waals surface area contributed by atoms with Crippen LogP contribution in [0.3, 0.4) is 0 Å². The van der Waals surface area contributed by atoms with Crippen LogP contribution in [-0.2, 0) is 21.1 Å². The first-order valence-electron chi connectivity index (χ1n) is 10.9. The number of aromatic nitrogens is 2. The van der Waals surface area contributed by atoms with Crippen molar-refractivity contribution in [1.29, 1.82) is 0 Å². The van der Waals surface area contributed by atoms with Crippen LogP contribution >= 0.6 is 11.6 Å². The standard InChI is InChI=1S/C26H24ClN3O4S/c1-3-35(32,33)23-10-7-19(8-11-23)13-26(31)29-21-9-12-24(30-16-18(2)28-17-30)25(15-21)34-22-6-4-5-20(27)14-22/h4-12,14-17H,3,13H2,1-2H3,(H,29,31). The number of nitrogens with one attached hydrogen (secondary N) is 1. The number of hydrogen-bond acceptors (Lipinski definition) is 5. The van der Waals surface area contributed by atoms with Crippen molar-refractivity contribution in [2.24, 2.45) is 0 Å². The smallest absolute Gasteiger partial charge is 0.228 e. The van der Waals surface area contributed by atoms with E-state index in [9.17, 15) is 13.2 Å². The molecule has 1 heterocycles. The van der Waals surface area contributed by atoms with Gasteiger partial charge in [0.2, 0.25) is 5.91 Å². The molecule has 0 aliphatic carbocycles. The minimum atomic E-state index is -3.28. The Balaban J connectivity index is 1.55. The SMILES string of the molecule is CCS(=O)(=O)c1ccc(CC(=O)Nc2ccc(-n3cnc(C)c3)c(Oc3cccc(Cl)c3)c2)cc1. The molecule has 9 heteroatoms. The summed E-state index contributed by atoms with van der Waals surface area (Å²) in [4.78, 5) is 17.2. The third kappa shape index (κ3) is 6.09. The van der Waals surface area contributed by atoms with E-state index in [0.29, 0.717) is 27.8 Å². The summed E-state index contributed by atoms with van der Waals surface area (Å²) in [5.74, 6) is 0.856. The van der Waals surface area contributed by atoms with E-state index in [2.05, 4.69) is 10.3 Å². The lowest BCUT2D eigenvalue weighted by Crippen LogP contribution is -2.14. The number of carbonyl (C=O) groups excluding carboxylic acids is 1. The van der Waals surface area contributed by atoms with Gasteiger partial charge in [-0.25, -0.2) is 13.4 Å². The van der Waals surface area contributed by atoms with Gasteiger partial charge in [-0.05, 0) is 55.0 Å². The molecule has 180 valence electrons. The maximum atomic E-state index is 12.7. The van der Waals surface area contributed by atoms with E-state index in [1.165, 1.54) is 12.1 Å². The van der Waals surface area contributed by atoms with Crippen molar-refractivity contribution in [2.75, 3.05) is 11.1 Å². The van der Waals surface area contributed by atoms with Gasteiger partial charge in [0, 0.05) is 23.0 Å². The summed E-state index contributed by atoms with van der Waals surface area (Å²) < 4.78 is 31.9. The second-order valence-electron chi connectivity index (χ2n) is 7.94. The molecule has 1 amide bonds. The molecule has 4 aromatic rings. The molecule has 0 unspecified atom stereocenters. The van der Waals surface area contributed by atoms with Gasteiger partial charge in [-0.2, -0.15) is 0 Å². The summed E-state index contributed by atoms with van der Waals surface area (Å²) in [5, 5.41) is 3.43. The van der Waals surface area contributed by atoms with Gasteiger partial charge in [-0.15, -0.1) is 0 Å². The van der Waals surface area contributed by atoms with Crippen molar-refractivity contribution in [2.45, 2.75) is 25.2 Å². The molecule has 35 heavy (non-hydrogen) atoms. The molecule has 0 aliphatic rings. The molecule has 0 spiro atoms. The summed E-state index contributed by atoms with van der Waals surface area (Å²) in [6.07, 6.45) is 3.66. The highest BCUT2D eigenvalue weighted by molar-refractivity contribution is 7.91. The Hall–Kier alpha value is -3.62. The molecule has 1 aromatic heterocycles. The molecule has 4 rings (SSSR count). The highest BCUT2D eigenvalue weighted by atomic mass is 35.5. The number of imidazole rings is 1. The molecule has 1 N–H and O–H groups in total. The number of nitrogens with zero attached hydrogens (tertiary/aromatic N) is 2. The van der Waals surface area contributed by atoms with Crippen LogP contribution in [0.15, 0.2) is 84.1 Å². The van der Waals surface area contributed by atoms with Gasteiger partial charge < -0.3 is 14.6 Å². The van der Waals surface area contributed by atoms with E-state index in [-0.39, 0.29) is 23.0 Å². The molecule has 0 radical (unpaired) electrons. The minimum absolute atomic E-state index is 0.0288. The normalized spacial score (nSPS) is 11.3. The Kier molecular flexibility index (Phi) is 7.23. The van der Waals surface area contributed by atoms with Gasteiger partial charge in [0.05, 0.1) is 34.8 Å². The fourth-order valence-electron chi connectivity index (χ4n) is 3.47. The van der Waals surface area contributed by atoms with Crippen LogP contribution < -0.4 is 10.1 Å². The lowest BCUT2D eigenvalue weighted by molar-refractivity contribution is -0.115. The van der Waals surface area contributed by atoms with E-state index in [0.717, 1.165) is 11.4 Å². The van der Waals surface area contributed by atoms with Crippen LogP contribution in [0.1, 0.15) is 18.2 Å². The van der Waals surface area contributed by atoms with Crippen LogP contribution in [0.5, 0.6) is 11.5 Å². The zero-order chi connectivity index (χ0) is 25.0. The highest BCUT2D eigenvalue weighted by Crippen LogP contribution is 2.32. The van der Waals surface area contributed by atoms with Gasteiger partial charge >= 0.3 is 0 Å². The molecule has 3 aromatic carbocycles. The quantitative estimate of drug-likeness (QED) is 0.334. The number of anilines is 1. The van der Waals surface area contributed by atoms with E-state index in [4.69, 9.17) is 16.3 Å². The maximum absolute atomic E-state index is 12.7. The van der Waals surface area contributed by atoms with Crippen molar-refractivity contribution < 1.29 is 17.9 Å². The first-order valence-corrected chi connectivity index (χ1v) is 13.0. The number of amides is 1. The van der Waals surface area contributed by atoms with Crippen molar-refractivity contribution >= 4 is 33.0 Å². The largest absolute Gasteiger partial charge is 0.455 e. The number of rotatable bonds is 8. The summed E-state index contributed by atoms with van der Waals surface area (Å²) in [6, 6.07) is 18.8. The summed E-state index contributed by atoms with van der Waals surface area (Å²) >= 11 is 6.11. The third-order valence-electron chi connectivity index (χ3n) is 5.28. The van der Waals surface area contributed by atoms with E-state index in [1.54, 1.807) is 61.8 Å². The molecule has 0 aliphatic heterocycles. The molecule has 0 fully saturated rings. The van der Waals surface area contributed by atoms with Crippen molar-refractivity contribution in [1.82, 2.24) is 9.55 Å². The fraction of sp³-hybridized carbons (Fsp3) is 0.154. The first kappa shape index (κ1) is 24.5.